The molecule has 4 nitrogen and oxygen atoms in total. The van der Waals surface area contributed by atoms with E-state index in [1.807, 2.05) is 36.0 Å². The van der Waals surface area contributed by atoms with Crippen LogP contribution in [0.4, 0.5) is 0 Å². The van der Waals surface area contributed by atoms with Crippen molar-refractivity contribution in [1.82, 2.24) is 10.6 Å². The second-order valence-electron chi connectivity index (χ2n) is 4.68. The lowest BCUT2D eigenvalue weighted by atomic mass is 10.2. The molecule has 0 fully saturated rings. The molecule has 1 aromatic rings. The molecule has 0 saturated carbocycles. The van der Waals surface area contributed by atoms with Crippen LogP contribution < -0.4 is 15.4 Å². The molecule has 1 aromatic carbocycles. The third-order valence-electron chi connectivity index (χ3n) is 2.90. The average Bonchev–Trinajstić information content (AvgIpc) is 2.55. The molecule has 0 aliphatic carbocycles. The lowest BCUT2D eigenvalue weighted by Gasteiger charge is -2.12. The molecule has 122 valence electrons. The number of ether oxygens (including phenoxy) is 1. The average molecular weight is 321 g/mol. The maximum atomic E-state index is 5.66. The van der Waals surface area contributed by atoms with Crippen LogP contribution in [0.2, 0.25) is 0 Å². The van der Waals surface area contributed by atoms with Gasteiger partial charge in [0.1, 0.15) is 12.4 Å². The Morgan fingerprint density at radius 2 is 2.18 bits per heavy atom. The van der Waals surface area contributed by atoms with E-state index >= 15 is 0 Å². The minimum atomic E-state index is 0.508. The summed E-state index contributed by atoms with van der Waals surface area (Å²) in [6.45, 7) is 8.63. The maximum absolute atomic E-state index is 5.66. The zero-order valence-corrected chi connectivity index (χ0v) is 14.4. The normalized spacial score (nSPS) is 11.1. The minimum absolute atomic E-state index is 0.508. The van der Waals surface area contributed by atoms with Crippen molar-refractivity contribution in [3.8, 4) is 5.75 Å². The highest BCUT2D eigenvalue weighted by Crippen LogP contribution is 2.18. The Bertz CT molecular complexity index is 463. The van der Waals surface area contributed by atoms with Gasteiger partial charge >= 0.3 is 0 Å². The summed E-state index contributed by atoms with van der Waals surface area (Å²) in [4.78, 5) is 4.63. The predicted molar refractivity (Wildman–Crippen MR) is 98.0 cm³/mol. The third-order valence-corrected chi connectivity index (χ3v) is 3.60. The SMILES string of the molecule is C=CCOc1ccccc1CN=C(NCC)NCCCSC. The minimum Gasteiger partial charge on any atom is -0.489 e. The standard InChI is InChI=1S/C17H27N3OS/c1-4-12-21-16-10-7-6-9-15(16)14-20-17(18-5-2)19-11-8-13-22-3/h4,6-7,9-10H,1,5,8,11-14H2,2-3H3,(H2,18,19,20). The lowest BCUT2D eigenvalue weighted by Crippen LogP contribution is -2.37. The molecule has 0 bridgehead atoms. The van der Waals surface area contributed by atoms with Crippen molar-refractivity contribution >= 4 is 17.7 Å². The molecule has 22 heavy (non-hydrogen) atoms. The van der Waals surface area contributed by atoms with Crippen LogP contribution in [0.5, 0.6) is 5.75 Å². The van der Waals surface area contributed by atoms with Gasteiger partial charge in [0.2, 0.25) is 0 Å². The van der Waals surface area contributed by atoms with Crippen LogP contribution in [0, 0.1) is 0 Å². The van der Waals surface area contributed by atoms with Crippen molar-refractivity contribution in [1.29, 1.82) is 0 Å². The van der Waals surface area contributed by atoms with E-state index < -0.39 is 0 Å². The van der Waals surface area contributed by atoms with Gasteiger partial charge in [0.05, 0.1) is 6.54 Å². The summed E-state index contributed by atoms with van der Waals surface area (Å²) in [7, 11) is 0. The van der Waals surface area contributed by atoms with Crippen LogP contribution in [-0.4, -0.2) is 37.7 Å². The number of para-hydroxylation sites is 1. The first-order chi connectivity index (χ1) is 10.8. The smallest absolute Gasteiger partial charge is 0.191 e. The van der Waals surface area contributed by atoms with E-state index in [4.69, 9.17) is 4.74 Å². The Kier molecular flexibility index (Phi) is 10.0. The second-order valence-corrected chi connectivity index (χ2v) is 5.66. The van der Waals surface area contributed by atoms with Crippen LogP contribution >= 0.6 is 11.8 Å². The van der Waals surface area contributed by atoms with Gasteiger partial charge in [0.25, 0.3) is 0 Å². The summed E-state index contributed by atoms with van der Waals surface area (Å²) >= 11 is 1.86. The topological polar surface area (TPSA) is 45.6 Å². The Morgan fingerprint density at radius 1 is 1.36 bits per heavy atom. The van der Waals surface area contributed by atoms with Gasteiger partial charge in [-0.2, -0.15) is 11.8 Å². The Hall–Kier alpha value is -1.62. The van der Waals surface area contributed by atoms with Crippen molar-refractivity contribution in [2.24, 2.45) is 4.99 Å². The number of rotatable bonds is 10. The zero-order chi connectivity index (χ0) is 16.0. The van der Waals surface area contributed by atoms with Gasteiger partial charge in [0, 0.05) is 18.7 Å². The largest absolute Gasteiger partial charge is 0.489 e. The van der Waals surface area contributed by atoms with Crippen molar-refractivity contribution in [3.05, 3.63) is 42.5 Å². The number of thioether (sulfide) groups is 1. The quantitative estimate of drug-likeness (QED) is 0.301. The van der Waals surface area contributed by atoms with Crippen LogP contribution in [0.15, 0.2) is 41.9 Å². The monoisotopic (exact) mass is 321 g/mol. The zero-order valence-electron chi connectivity index (χ0n) is 13.6. The lowest BCUT2D eigenvalue weighted by molar-refractivity contribution is 0.359. The van der Waals surface area contributed by atoms with Gasteiger partial charge in [-0.05, 0) is 31.4 Å². The molecule has 5 heteroatoms. The van der Waals surface area contributed by atoms with E-state index in [9.17, 15) is 0 Å². The molecule has 0 spiro atoms. The molecule has 0 aliphatic heterocycles. The van der Waals surface area contributed by atoms with Crippen molar-refractivity contribution in [3.63, 3.8) is 0 Å². The molecule has 0 heterocycles. The fourth-order valence-corrected chi connectivity index (χ4v) is 2.29. The first-order valence-corrected chi connectivity index (χ1v) is 9.04. The summed E-state index contributed by atoms with van der Waals surface area (Å²) < 4.78 is 5.66. The van der Waals surface area contributed by atoms with Crippen LogP contribution in [0.25, 0.3) is 0 Å². The number of benzene rings is 1. The third kappa shape index (κ3) is 7.41. The molecule has 0 amide bonds. The van der Waals surface area contributed by atoms with Crippen LogP contribution in [-0.2, 0) is 6.54 Å². The number of hydrogen-bond donors (Lipinski definition) is 2. The molecule has 0 atom stereocenters. The predicted octanol–water partition coefficient (Wildman–Crippen LogP) is 3.06. The van der Waals surface area contributed by atoms with E-state index in [0.29, 0.717) is 13.2 Å². The van der Waals surface area contributed by atoms with E-state index in [1.54, 1.807) is 6.08 Å². The van der Waals surface area contributed by atoms with Gasteiger partial charge in [-0.3, -0.25) is 0 Å². The van der Waals surface area contributed by atoms with Crippen LogP contribution in [0.3, 0.4) is 0 Å². The molecular weight excluding hydrogens is 294 g/mol. The molecule has 0 aromatic heterocycles. The van der Waals surface area contributed by atoms with E-state index in [0.717, 1.165) is 42.5 Å². The van der Waals surface area contributed by atoms with Crippen LogP contribution in [0.1, 0.15) is 18.9 Å². The molecule has 0 aliphatic rings. The molecule has 0 radical (unpaired) electrons. The highest BCUT2D eigenvalue weighted by atomic mass is 32.2. The second kappa shape index (κ2) is 12.0. The van der Waals surface area contributed by atoms with Crippen molar-refractivity contribution < 1.29 is 4.74 Å². The van der Waals surface area contributed by atoms with Gasteiger partial charge < -0.3 is 15.4 Å². The summed E-state index contributed by atoms with van der Waals surface area (Å²) in [5.74, 6) is 2.87. The van der Waals surface area contributed by atoms with Gasteiger partial charge in [-0.15, -0.1) is 0 Å². The number of hydrogen-bond acceptors (Lipinski definition) is 3. The number of nitrogens with zero attached hydrogens (tertiary/aromatic N) is 1. The molecule has 2 N–H and O–H groups in total. The number of aliphatic imine (C=N–C) groups is 1. The Labute approximate surface area is 138 Å². The summed E-state index contributed by atoms with van der Waals surface area (Å²) in [5.41, 5.74) is 1.07. The summed E-state index contributed by atoms with van der Waals surface area (Å²) in [6, 6.07) is 7.98. The maximum Gasteiger partial charge on any atom is 0.191 e. The summed E-state index contributed by atoms with van der Waals surface area (Å²) in [6.07, 6.45) is 5.00. The Morgan fingerprint density at radius 3 is 2.91 bits per heavy atom. The molecule has 1 rings (SSSR count). The van der Waals surface area contributed by atoms with E-state index in [2.05, 4.69) is 35.4 Å². The fourth-order valence-electron chi connectivity index (χ4n) is 1.85. The van der Waals surface area contributed by atoms with E-state index in [-0.39, 0.29) is 0 Å². The first kappa shape index (κ1) is 18.4. The highest BCUT2D eigenvalue weighted by molar-refractivity contribution is 7.98. The first-order valence-electron chi connectivity index (χ1n) is 7.64. The summed E-state index contributed by atoms with van der Waals surface area (Å²) in [5, 5.41) is 6.62. The Balaban J connectivity index is 2.62. The number of guanidine groups is 1. The van der Waals surface area contributed by atoms with Gasteiger partial charge in [0.15, 0.2) is 5.96 Å². The van der Waals surface area contributed by atoms with E-state index in [1.165, 1.54) is 0 Å². The van der Waals surface area contributed by atoms with Crippen molar-refractivity contribution in [2.75, 3.05) is 31.7 Å². The fraction of sp³-hybridized carbons (Fsp3) is 0.471. The molecule has 0 saturated heterocycles. The van der Waals surface area contributed by atoms with Gasteiger partial charge in [-0.25, -0.2) is 4.99 Å². The highest BCUT2D eigenvalue weighted by Gasteiger charge is 2.03. The number of nitrogens with one attached hydrogen (secondary N) is 2. The molecular formula is C17H27N3OS. The molecule has 0 unspecified atom stereocenters. The van der Waals surface area contributed by atoms with Crippen molar-refractivity contribution in [2.45, 2.75) is 19.9 Å². The van der Waals surface area contributed by atoms with Gasteiger partial charge in [-0.1, -0.05) is 30.9 Å².